The summed E-state index contributed by atoms with van der Waals surface area (Å²) in [7, 11) is 0. The molecule has 2 heterocycles. The van der Waals surface area contributed by atoms with E-state index in [1.165, 1.54) is 35.2 Å². The third-order valence-electron chi connectivity index (χ3n) is 4.85. The van der Waals surface area contributed by atoms with E-state index in [0.29, 0.717) is 17.3 Å². The lowest BCUT2D eigenvalue weighted by molar-refractivity contribution is -0.384. The molecule has 1 fully saturated rings. The number of benzene rings is 2. The van der Waals surface area contributed by atoms with E-state index >= 15 is 0 Å². The van der Waals surface area contributed by atoms with Crippen molar-refractivity contribution in [3.8, 4) is 6.07 Å². The highest BCUT2D eigenvalue weighted by molar-refractivity contribution is 7.81. The number of carbonyl (C=O) groups is 1. The molecule has 4 rings (SSSR count). The van der Waals surface area contributed by atoms with E-state index in [0.717, 1.165) is 11.0 Å². The molecular weight excluding hydrogens is 409 g/mol. The van der Waals surface area contributed by atoms with Crippen LogP contribution < -0.4 is 9.80 Å². The second-order valence-electron chi connectivity index (χ2n) is 6.46. The fraction of sp³-hybridized carbons (Fsp3) is 0.167. The number of nitro benzene ring substituents is 1. The van der Waals surface area contributed by atoms with Crippen LogP contribution >= 0.6 is 12.2 Å². The van der Waals surface area contributed by atoms with Crippen molar-refractivity contribution < 1.29 is 22.9 Å². The normalized spacial score (nSPS) is 17.9. The molecule has 0 spiro atoms. The number of alkyl halides is 3. The van der Waals surface area contributed by atoms with Crippen molar-refractivity contribution in [1.29, 1.82) is 5.26 Å². The summed E-state index contributed by atoms with van der Waals surface area (Å²) in [5.41, 5.74) is -0.971. The zero-order valence-corrected chi connectivity index (χ0v) is 15.1. The van der Waals surface area contributed by atoms with Gasteiger partial charge in [-0.15, -0.1) is 0 Å². The molecule has 2 aliphatic rings. The number of nitrogens with zero attached hydrogens (tertiary/aromatic N) is 4. The second-order valence-corrected chi connectivity index (χ2v) is 6.82. The number of fused-ring (bicyclic) bond motifs is 3. The van der Waals surface area contributed by atoms with Crippen molar-refractivity contribution in [2.75, 3.05) is 9.80 Å². The molecule has 2 aromatic carbocycles. The summed E-state index contributed by atoms with van der Waals surface area (Å²) < 4.78 is 39.8. The monoisotopic (exact) mass is 418 g/mol. The van der Waals surface area contributed by atoms with Gasteiger partial charge >= 0.3 is 6.18 Å². The van der Waals surface area contributed by atoms with Crippen LogP contribution in [0.5, 0.6) is 0 Å². The van der Waals surface area contributed by atoms with Gasteiger partial charge in [0.25, 0.3) is 11.6 Å². The van der Waals surface area contributed by atoms with Crippen LogP contribution in [0.4, 0.5) is 30.2 Å². The minimum atomic E-state index is -4.78. The van der Waals surface area contributed by atoms with Gasteiger partial charge in [0.05, 0.1) is 33.5 Å². The van der Waals surface area contributed by atoms with Crippen molar-refractivity contribution in [3.05, 3.63) is 63.2 Å². The molecule has 11 heteroatoms. The van der Waals surface area contributed by atoms with Crippen LogP contribution in [0.25, 0.3) is 0 Å². The van der Waals surface area contributed by atoms with Crippen molar-refractivity contribution in [1.82, 2.24) is 0 Å². The minimum absolute atomic E-state index is 0.0721. The van der Waals surface area contributed by atoms with Crippen LogP contribution in [0.15, 0.2) is 36.4 Å². The highest BCUT2D eigenvalue weighted by atomic mass is 32.1. The number of thiocarbonyl (C=S) groups is 1. The SMILES string of the molecule is N#Cc1ccc(N2C(=O)C3Cc4ccc([N+](=O)[O-])cc4N3C2=S)cc1C(F)(F)F. The number of rotatable bonds is 2. The molecule has 7 nitrogen and oxygen atoms in total. The summed E-state index contributed by atoms with van der Waals surface area (Å²) in [5.74, 6) is -0.535. The molecule has 146 valence electrons. The Morgan fingerprint density at radius 2 is 1.97 bits per heavy atom. The van der Waals surface area contributed by atoms with Gasteiger partial charge in [-0.25, -0.2) is 0 Å². The molecule has 1 atom stereocenters. The zero-order valence-electron chi connectivity index (χ0n) is 14.3. The number of hydrogen-bond acceptors (Lipinski definition) is 5. The van der Waals surface area contributed by atoms with E-state index in [9.17, 15) is 28.1 Å². The summed E-state index contributed by atoms with van der Waals surface area (Å²) in [6, 6.07) is 7.75. The number of nitro groups is 1. The molecule has 1 unspecified atom stereocenters. The van der Waals surface area contributed by atoms with Gasteiger partial charge in [0.1, 0.15) is 6.04 Å². The highest BCUT2D eigenvalue weighted by Crippen LogP contribution is 2.42. The predicted molar refractivity (Wildman–Crippen MR) is 99.3 cm³/mol. The van der Waals surface area contributed by atoms with Gasteiger partial charge in [0.15, 0.2) is 5.11 Å². The van der Waals surface area contributed by atoms with Crippen molar-refractivity contribution in [2.24, 2.45) is 0 Å². The first kappa shape index (κ1) is 18.8. The minimum Gasteiger partial charge on any atom is -0.305 e. The smallest absolute Gasteiger partial charge is 0.305 e. The van der Waals surface area contributed by atoms with E-state index in [4.69, 9.17) is 17.5 Å². The lowest BCUT2D eigenvalue weighted by Gasteiger charge is -2.21. The van der Waals surface area contributed by atoms with Crippen LogP contribution in [-0.4, -0.2) is 22.0 Å². The van der Waals surface area contributed by atoms with E-state index in [2.05, 4.69) is 0 Å². The number of carbonyl (C=O) groups excluding carboxylic acids is 1. The Labute approximate surface area is 166 Å². The number of amides is 1. The van der Waals surface area contributed by atoms with Crippen molar-refractivity contribution in [3.63, 3.8) is 0 Å². The number of anilines is 2. The number of non-ortho nitro benzene ring substituents is 1. The summed E-state index contributed by atoms with van der Waals surface area (Å²) in [5, 5.41) is 19.9. The first-order valence-electron chi connectivity index (χ1n) is 8.19. The Morgan fingerprint density at radius 1 is 1.24 bits per heavy atom. The summed E-state index contributed by atoms with van der Waals surface area (Å²) in [4.78, 5) is 25.8. The fourth-order valence-corrected chi connectivity index (χ4v) is 3.98. The fourth-order valence-electron chi connectivity index (χ4n) is 3.56. The lowest BCUT2D eigenvalue weighted by Crippen LogP contribution is -2.33. The Balaban J connectivity index is 1.78. The quantitative estimate of drug-likeness (QED) is 0.421. The van der Waals surface area contributed by atoms with Crippen LogP contribution in [-0.2, 0) is 17.4 Å². The maximum Gasteiger partial charge on any atom is 0.417 e. The summed E-state index contributed by atoms with van der Waals surface area (Å²) in [6.45, 7) is 0. The van der Waals surface area contributed by atoms with Crippen LogP contribution in [0, 0.1) is 21.4 Å². The molecule has 0 N–H and O–H groups in total. The number of halogens is 3. The first-order chi connectivity index (χ1) is 13.6. The second kappa shape index (κ2) is 6.25. The molecular formula is C18H9F3N4O3S. The van der Waals surface area contributed by atoms with Crippen LogP contribution in [0.3, 0.4) is 0 Å². The standard InChI is InChI=1S/C18H9F3N4O3S/c19-18(20,21)13-6-11(3-2-10(13)8-22)23-16(26)15-5-9-1-4-12(25(27)28)7-14(9)24(15)17(23)29/h1-4,6-7,15H,5H2. The average Bonchev–Trinajstić information content (AvgIpc) is 3.16. The van der Waals surface area contributed by atoms with E-state index in [1.807, 2.05) is 0 Å². The molecule has 0 saturated carbocycles. The third-order valence-corrected chi connectivity index (χ3v) is 5.23. The Morgan fingerprint density at radius 3 is 2.59 bits per heavy atom. The Bertz CT molecular complexity index is 1140. The largest absolute Gasteiger partial charge is 0.417 e. The summed E-state index contributed by atoms with van der Waals surface area (Å²) >= 11 is 5.34. The average molecular weight is 418 g/mol. The maximum atomic E-state index is 13.3. The molecule has 1 saturated heterocycles. The predicted octanol–water partition coefficient (Wildman–Crippen LogP) is 3.55. The van der Waals surface area contributed by atoms with Gasteiger partial charge in [-0.2, -0.15) is 18.4 Å². The van der Waals surface area contributed by atoms with Crippen molar-refractivity contribution in [2.45, 2.75) is 18.6 Å². The molecule has 0 bridgehead atoms. The lowest BCUT2D eigenvalue weighted by atomic mass is 10.1. The zero-order chi connectivity index (χ0) is 21.1. The number of nitriles is 1. The molecule has 0 aliphatic carbocycles. The van der Waals surface area contributed by atoms with E-state index in [-0.39, 0.29) is 22.9 Å². The Kier molecular flexibility index (Phi) is 4.06. The molecule has 1 amide bonds. The molecule has 0 radical (unpaired) electrons. The van der Waals surface area contributed by atoms with Gasteiger partial charge in [-0.05, 0) is 36.0 Å². The van der Waals surface area contributed by atoms with Crippen LogP contribution in [0.2, 0.25) is 0 Å². The molecule has 0 aromatic heterocycles. The molecule has 29 heavy (non-hydrogen) atoms. The maximum absolute atomic E-state index is 13.3. The third kappa shape index (κ3) is 2.80. The van der Waals surface area contributed by atoms with Gasteiger partial charge in [0, 0.05) is 18.6 Å². The van der Waals surface area contributed by atoms with Crippen molar-refractivity contribution >= 4 is 40.3 Å². The van der Waals surface area contributed by atoms with E-state index in [1.54, 1.807) is 0 Å². The Hall–Kier alpha value is -3.52. The van der Waals surface area contributed by atoms with Gasteiger partial charge < -0.3 is 4.90 Å². The number of hydrogen-bond donors (Lipinski definition) is 0. The van der Waals surface area contributed by atoms with E-state index < -0.39 is 34.2 Å². The van der Waals surface area contributed by atoms with Gasteiger partial charge in [-0.1, -0.05) is 6.07 Å². The first-order valence-corrected chi connectivity index (χ1v) is 8.60. The highest BCUT2D eigenvalue weighted by Gasteiger charge is 2.49. The summed E-state index contributed by atoms with van der Waals surface area (Å²) in [6.07, 6.45) is -4.56. The van der Waals surface area contributed by atoms with Gasteiger partial charge in [0.2, 0.25) is 0 Å². The molecule has 2 aromatic rings. The van der Waals surface area contributed by atoms with Gasteiger partial charge in [-0.3, -0.25) is 19.8 Å². The van der Waals surface area contributed by atoms with Crippen LogP contribution in [0.1, 0.15) is 16.7 Å². The molecule has 2 aliphatic heterocycles. The topological polar surface area (TPSA) is 90.5 Å².